The van der Waals surface area contributed by atoms with Crippen molar-refractivity contribution < 1.29 is 14.8 Å². The Morgan fingerprint density at radius 3 is 3.16 bits per heavy atom. The van der Waals surface area contributed by atoms with Crippen LogP contribution in [0.3, 0.4) is 0 Å². The zero-order chi connectivity index (χ0) is 14.0. The minimum Gasteiger partial charge on any atom is -0.396 e. The molecule has 19 heavy (non-hydrogen) atoms. The van der Waals surface area contributed by atoms with Gasteiger partial charge in [-0.15, -0.1) is 0 Å². The average Bonchev–Trinajstić information content (AvgIpc) is 2.97. The number of hydrogen-bond donors (Lipinski definition) is 3. The van der Waals surface area contributed by atoms with Crippen molar-refractivity contribution in [3.8, 4) is 0 Å². The van der Waals surface area contributed by atoms with E-state index in [0.29, 0.717) is 0 Å². The van der Waals surface area contributed by atoms with E-state index in [0.717, 1.165) is 25.5 Å². The minimum atomic E-state index is -0.654. The van der Waals surface area contributed by atoms with Crippen molar-refractivity contribution in [3.63, 3.8) is 0 Å². The van der Waals surface area contributed by atoms with Crippen LogP contribution in [0.2, 0.25) is 0 Å². The van der Waals surface area contributed by atoms with Gasteiger partial charge in [-0.2, -0.15) is 5.10 Å². The number of nitro groups is 1. The maximum absolute atomic E-state index is 12.0. The van der Waals surface area contributed by atoms with E-state index in [1.807, 2.05) is 6.92 Å². The fraction of sp³-hybridized carbons (Fsp3) is 0.636. The first kappa shape index (κ1) is 13.5. The number of carbonyl (C=O) groups excluding carboxylic acids is 1. The smallest absolute Gasteiger partial charge is 0.319 e. The number of rotatable bonds is 4. The molecule has 1 aliphatic rings. The third kappa shape index (κ3) is 2.43. The van der Waals surface area contributed by atoms with E-state index in [1.165, 1.54) is 0 Å². The molecule has 2 unspecified atom stereocenters. The molecule has 0 bridgehead atoms. The Labute approximate surface area is 109 Å². The Morgan fingerprint density at radius 2 is 2.53 bits per heavy atom. The second-order valence-corrected chi connectivity index (χ2v) is 5.12. The summed E-state index contributed by atoms with van der Waals surface area (Å²) in [6, 6.07) is -0.187. The Kier molecular flexibility index (Phi) is 3.52. The van der Waals surface area contributed by atoms with E-state index in [-0.39, 0.29) is 29.4 Å². The van der Waals surface area contributed by atoms with Crippen LogP contribution in [0.1, 0.15) is 36.7 Å². The molecule has 0 spiro atoms. The topological polar surface area (TPSA) is 121 Å². The lowest BCUT2D eigenvalue weighted by Gasteiger charge is -2.29. The molecule has 1 aromatic heterocycles. The van der Waals surface area contributed by atoms with E-state index in [1.54, 1.807) is 0 Å². The molecule has 8 heteroatoms. The van der Waals surface area contributed by atoms with Crippen LogP contribution in [0.4, 0.5) is 5.69 Å². The highest BCUT2D eigenvalue weighted by atomic mass is 16.6. The molecule has 2 atom stereocenters. The first-order valence-electron chi connectivity index (χ1n) is 6.07. The van der Waals surface area contributed by atoms with Crippen LogP contribution in [-0.2, 0) is 0 Å². The zero-order valence-corrected chi connectivity index (χ0v) is 10.5. The summed E-state index contributed by atoms with van der Waals surface area (Å²) in [5.41, 5.74) is -0.872. The standard InChI is InChI=1S/C11H16N4O4/c1-11(6-16)4-2-3-8(11)13-10(17)9-7(15(18)19)5-12-14-9/h5,8,16H,2-4,6H2,1H3,(H,12,14)(H,13,17). The summed E-state index contributed by atoms with van der Waals surface area (Å²) in [6.45, 7) is 1.87. The molecule has 2 rings (SSSR count). The number of aliphatic hydroxyl groups excluding tert-OH is 1. The van der Waals surface area contributed by atoms with Crippen LogP contribution in [0.25, 0.3) is 0 Å². The van der Waals surface area contributed by atoms with Crippen LogP contribution in [-0.4, -0.2) is 38.8 Å². The lowest BCUT2D eigenvalue weighted by Crippen LogP contribution is -2.45. The number of aliphatic hydroxyl groups is 1. The van der Waals surface area contributed by atoms with Gasteiger partial charge < -0.3 is 10.4 Å². The summed E-state index contributed by atoms with van der Waals surface area (Å²) in [5, 5.41) is 28.7. The third-order valence-electron chi connectivity index (χ3n) is 3.79. The number of aromatic nitrogens is 2. The molecule has 1 fully saturated rings. The zero-order valence-electron chi connectivity index (χ0n) is 10.5. The summed E-state index contributed by atoms with van der Waals surface area (Å²) >= 11 is 0. The molecule has 0 aromatic carbocycles. The molecule has 104 valence electrons. The summed E-state index contributed by atoms with van der Waals surface area (Å²) in [6.07, 6.45) is 3.49. The molecule has 8 nitrogen and oxygen atoms in total. The van der Waals surface area contributed by atoms with Crippen LogP contribution < -0.4 is 5.32 Å². The minimum absolute atomic E-state index is 0.0248. The van der Waals surface area contributed by atoms with Gasteiger partial charge in [0.1, 0.15) is 6.20 Å². The maximum atomic E-state index is 12.0. The number of nitrogens with one attached hydrogen (secondary N) is 2. The van der Waals surface area contributed by atoms with Gasteiger partial charge in [-0.25, -0.2) is 0 Å². The quantitative estimate of drug-likeness (QED) is 0.545. The molecular formula is C11H16N4O4. The van der Waals surface area contributed by atoms with Crippen molar-refractivity contribution >= 4 is 11.6 Å². The Hall–Kier alpha value is -1.96. The van der Waals surface area contributed by atoms with Gasteiger partial charge >= 0.3 is 5.69 Å². The first-order valence-corrected chi connectivity index (χ1v) is 6.07. The van der Waals surface area contributed by atoms with Gasteiger partial charge in [0.2, 0.25) is 5.69 Å². The average molecular weight is 268 g/mol. The third-order valence-corrected chi connectivity index (χ3v) is 3.79. The molecule has 1 amide bonds. The molecule has 3 N–H and O–H groups in total. The highest BCUT2D eigenvalue weighted by Gasteiger charge is 2.40. The summed E-state index contributed by atoms with van der Waals surface area (Å²) in [7, 11) is 0. The van der Waals surface area contributed by atoms with E-state index in [2.05, 4.69) is 15.5 Å². The second kappa shape index (κ2) is 4.96. The van der Waals surface area contributed by atoms with Crippen molar-refractivity contribution in [2.75, 3.05) is 6.61 Å². The molecule has 0 radical (unpaired) electrons. The lowest BCUT2D eigenvalue weighted by atomic mass is 9.86. The van der Waals surface area contributed by atoms with Crippen LogP contribution in [0.5, 0.6) is 0 Å². The Morgan fingerprint density at radius 1 is 1.79 bits per heavy atom. The number of nitrogens with zero attached hydrogens (tertiary/aromatic N) is 2. The van der Waals surface area contributed by atoms with Gasteiger partial charge in [0.05, 0.1) is 11.5 Å². The Bertz CT molecular complexity index is 501. The van der Waals surface area contributed by atoms with E-state index >= 15 is 0 Å². The fourth-order valence-corrected chi connectivity index (χ4v) is 2.48. The van der Waals surface area contributed by atoms with Crippen LogP contribution in [0.15, 0.2) is 6.20 Å². The number of aromatic amines is 1. The monoisotopic (exact) mass is 268 g/mol. The number of carbonyl (C=O) groups is 1. The lowest BCUT2D eigenvalue weighted by molar-refractivity contribution is -0.385. The van der Waals surface area contributed by atoms with Crippen molar-refractivity contribution in [1.82, 2.24) is 15.5 Å². The van der Waals surface area contributed by atoms with Crippen molar-refractivity contribution in [2.24, 2.45) is 5.41 Å². The van der Waals surface area contributed by atoms with Crippen molar-refractivity contribution in [2.45, 2.75) is 32.2 Å². The van der Waals surface area contributed by atoms with Gasteiger partial charge in [-0.05, 0) is 12.8 Å². The fourth-order valence-electron chi connectivity index (χ4n) is 2.48. The van der Waals surface area contributed by atoms with Gasteiger partial charge in [0.25, 0.3) is 5.91 Å². The second-order valence-electron chi connectivity index (χ2n) is 5.12. The molecule has 1 aromatic rings. The summed E-state index contributed by atoms with van der Waals surface area (Å²) < 4.78 is 0. The molecule has 0 saturated heterocycles. The summed E-state index contributed by atoms with van der Waals surface area (Å²) in [4.78, 5) is 22.1. The maximum Gasteiger partial charge on any atom is 0.319 e. The van der Waals surface area contributed by atoms with Crippen LogP contribution >= 0.6 is 0 Å². The summed E-state index contributed by atoms with van der Waals surface area (Å²) in [5.74, 6) is -0.559. The molecular weight excluding hydrogens is 252 g/mol. The number of amides is 1. The van der Waals surface area contributed by atoms with Crippen molar-refractivity contribution in [1.29, 1.82) is 0 Å². The van der Waals surface area contributed by atoms with E-state index in [4.69, 9.17) is 0 Å². The SMILES string of the molecule is CC1(CO)CCCC1NC(=O)c1[nH]ncc1[N+](=O)[O-]. The van der Waals surface area contributed by atoms with Crippen LogP contribution in [0, 0.1) is 15.5 Å². The highest BCUT2D eigenvalue weighted by molar-refractivity contribution is 5.96. The van der Waals surface area contributed by atoms with Gasteiger partial charge in [-0.1, -0.05) is 13.3 Å². The van der Waals surface area contributed by atoms with Gasteiger partial charge in [-0.3, -0.25) is 20.0 Å². The van der Waals surface area contributed by atoms with Crippen molar-refractivity contribution in [3.05, 3.63) is 22.0 Å². The first-order chi connectivity index (χ1) is 8.98. The van der Waals surface area contributed by atoms with Gasteiger partial charge in [0, 0.05) is 11.5 Å². The predicted octanol–water partition coefficient (Wildman–Crippen LogP) is 0.599. The predicted molar refractivity (Wildman–Crippen MR) is 65.5 cm³/mol. The molecule has 1 saturated carbocycles. The molecule has 0 aliphatic heterocycles. The van der Waals surface area contributed by atoms with E-state index in [9.17, 15) is 20.0 Å². The number of H-pyrrole nitrogens is 1. The largest absolute Gasteiger partial charge is 0.396 e. The van der Waals surface area contributed by atoms with Gasteiger partial charge in [0.15, 0.2) is 0 Å². The normalized spacial score (nSPS) is 26.3. The molecule has 1 heterocycles. The highest BCUT2D eigenvalue weighted by Crippen LogP contribution is 2.37. The Balaban J connectivity index is 2.13. The number of hydrogen-bond acceptors (Lipinski definition) is 5. The molecule has 1 aliphatic carbocycles. The van der Waals surface area contributed by atoms with E-state index < -0.39 is 10.8 Å².